The predicted octanol–water partition coefficient (Wildman–Crippen LogP) is 13.1. The van der Waals surface area contributed by atoms with Crippen LogP contribution in [0.5, 0.6) is 0 Å². The van der Waals surface area contributed by atoms with Gasteiger partial charge in [-0.2, -0.15) is 0 Å². The molecule has 0 heterocycles. The third-order valence-electron chi connectivity index (χ3n) is 7.83. The molecule has 0 spiro atoms. The molecule has 0 unspecified atom stereocenters. The van der Waals surface area contributed by atoms with Gasteiger partial charge in [0.2, 0.25) is 0 Å². The van der Waals surface area contributed by atoms with Crippen molar-refractivity contribution in [3.05, 3.63) is 119 Å². The second-order valence-corrected chi connectivity index (χ2v) is 12.9. The first-order chi connectivity index (χ1) is 19.5. The normalized spacial score (nSPS) is 16.4. The highest BCUT2D eigenvalue weighted by atomic mass is 14.1. The van der Waals surface area contributed by atoms with E-state index in [1.165, 1.54) is 43.2 Å². The summed E-state index contributed by atoms with van der Waals surface area (Å²) in [5.74, 6) is 3.66. The van der Waals surface area contributed by atoms with Crippen LogP contribution in [0.25, 0.3) is 0 Å². The molecule has 0 radical (unpaired) electrons. The Balaban J connectivity index is 0.000000256. The summed E-state index contributed by atoms with van der Waals surface area (Å²) in [6, 6.07) is 10.5. The van der Waals surface area contributed by atoms with Gasteiger partial charge in [-0.05, 0) is 79.3 Å². The third kappa shape index (κ3) is 16.4. The lowest BCUT2D eigenvalue weighted by Gasteiger charge is -2.02. The molecule has 0 atom stereocenters. The van der Waals surface area contributed by atoms with Crippen LogP contribution in [-0.4, -0.2) is 0 Å². The van der Waals surface area contributed by atoms with E-state index in [9.17, 15) is 0 Å². The lowest BCUT2D eigenvalue weighted by atomic mass is 10.0. The summed E-state index contributed by atoms with van der Waals surface area (Å²) in [5, 5.41) is 0. The lowest BCUT2D eigenvalue weighted by molar-refractivity contribution is 0.726. The number of benzene rings is 1. The number of hydrogen-bond acceptors (Lipinski definition) is 0. The van der Waals surface area contributed by atoms with Gasteiger partial charge in [0, 0.05) is 0 Å². The van der Waals surface area contributed by atoms with Crippen LogP contribution in [0.4, 0.5) is 0 Å². The first kappa shape index (κ1) is 36.4. The van der Waals surface area contributed by atoms with Crippen LogP contribution in [0.2, 0.25) is 0 Å². The average Bonchev–Trinajstić information content (AvgIpc) is 3.78. The molecule has 5 rings (SSSR count). The molecule has 1 aromatic rings. The lowest BCUT2D eigenvalue weighted by Crippen LogP contribution is -1.88. The Hall–Kier alpha value is -2.60. The van der Waals surface area contributed by atoms with Crippen molar-refractivity contribution >= 4 is 0 Å². The highest BCUT2D eigenvalue weighted by Gasteiger charge is 2.06. The van der Waals surface area contributed by atoms with Gasteiger partial charge in [-0.1, -0.05) is 177 Å². The fourth-order valence-electron chi connectivity index (χ4n) is 4.75. The van der Waals surface area contributed by atoms with Crippen molar-refractivity contribution in [3.8, 4) is 0 Å². The zero-order chi connectivity index (χ0) is 30.6. The molecule has 0 aromatic heterocycles. The van der Waals surface area contributed by atoms with Crippen LogP contribution < -0.4 is 0 Å². The minimum Gasteiger partial charge on any atom is -0.0851 e. The molecule has 0 nitrogen and oxygen atoms in total. The van der Waals surface area contributed by atoms with Crippen molar-refractivity contribution < 1.29 is 0 Å². The van der Waals surface area contributed by atoms with Crippen molar-refractivity contribution in [2.24, 2.45) is 23.7 Å². The largest absolute Gasteiger partial charge is 0.0851 e. The van der Waals surface area contributed by atoms with Crippen LogP contribution >= 0.6 is 0 Å². The van der Waals surface area contributed by atoms with Gasteiger partial charge in [-0.15, -0.1) is 0 Å². The summed E-state index contributed by atoms with van der Waals surface area (Å²) in [7, 11) is 0. The maximum atomic E-state index is 2.39. The van der Waals surface area contributed by atoms with E-state index in [0.29, 0.717) is 11.8 Å². The summed E-state index contributed by atoms with van der Waals surface area (Å²) >= 11 is 0. The van der Waals surface area contributed by atoms with Gasteiger partial charge < -0.3 is 0 Å². The van der Waals surface area contributed by atoms with Crippen molar-refractivity contribution in [1.82, 2.24) is 0 Å². The molecule has 0 saturated carbocycles. The van der Waals surface area contributed by atoms with Gasteiger partial charge in [-0.25, -0.2) is 0 Å². The molecule has 0 N–H and O–H groups in total. The van der Waals surface area contributed by atoms with Crippen LogP contribution in [0.3, 0.4) is 0 Å². The Bertz CT molecular complexity index is 1000. The Morgan fingerprint density at radius 2 is 1.07 bits per heavy atom. The highest BCUT2D eigenvalue weighted by Crippen LogP contribution is 2.24. The minimum atomic E-state index is 0.659. The fourth-order valence-corrected chi connectivity index (χ4v) is 4.75. The van der Waals surface area contributed by atoms with Gasteiger partial charge in [0.15, 0.2) is 0 Å². The zero-order valence-electron chi connectivity index (χ0n) is 28.3. The quantitative estimate of drug-likeness (QED) is 0.317. The van der Waals surface area contributed by atoms with E-state index in [1.54, 1.807) is 16.7 Å². The molecule has 41 heavy (non-hydrogen) atoms. The van der Waals surface area contributed by atoms with Crippen molar-refractivity contribution in [1.29, 1.82) is 0 Å². The summed E-state index contributed by atoms with van der Waals surface area (Å²) < 4.78 is 0. The van der Waals surface area contributed by atoms with E-state index in [1.807, 2.05) is 6.07 Å². The SMILES string of the molecule is CC(C)C1=CC=CC1.CC(C)C1=CC=CC1.CC(C)C1=CCC=C1.CC(C)C1=CCCC1.CC(C)c1ccccc1. The summed E-state index contributed by atoms with van der Waals surface area (Å²) in [6.07, 6.45) is 29.8. The fraction of sp³-hybridized carbons (Fsp3) is 0.512. The number of rotatable bonds is 5. The molecule has 4 aliphatic carbocycles. The monoisotopic (exact) mass is 554 g/mol. The molecule has 0 saturated heterocycles. The van der Waals surface area contributed by atoms with E-state index >= 15 is 0 Å². The smallest absolute Gasteiger partial charge is 0.0130 e. The van der Waals surface area contributed by atoms with Gasteiger partial charge in [0.05, 0.1) is 0 Å². The van der Waals surface area contributed by atoms with Crippen molar-refractivity contribution in [2.75, 3.05) is 0 Å². The maximum Gasteiger partial charge on any atom is -0.0130 e. The van der Waals surface area contributed by atoms with Crippen LogP contribution in [0.1, 0.15) is 119 Å². The molecular weight excluding hydrogens is 492 g/mol. The third-order valence-corrected chi connectivity index (χ3v) is 7.83. The first-order valence-electron chi connectivity index (χ1n) is 16.3. The first-order valence-corrected chi connectivity index (χ1v) is 16.3. The molecule has 226 valence electrons. The maximum absolute atomic E-state index is 2.39. The minimum absolute atomic E-state index is 0.659. The molecule has 0 heteroatoms. The van der Waals surface area contributed by atoms with E-state index in [-0.39, 0.29) is 0 Å². The Labute approximate surface area is 255 Å². The van der Waals surface area contributed by atoms with Crippen LogP contribution in [0, 0.1) is 23.7 Å². The second-order valence-electron chi connectivity index (χ2n) is 12.9. The van der Waals surface area contributed by atoms with Gasteiger partial charge >= 0.3 is 0 Å². The summed E-state index contributed by atoms with van der Waals surface area (Å²) in [4.78, 5) is 0. The van der Waals surface area contributed by atoms with E-state index < -0.39 is 0 Å². The van der Waals surface area contributed by atoms with Gasteiger partial charge in [0.1, 0.15) is 0 Å². The molecule has 0 fully saturated rings. The molecular formula is C41H62. The Kier molecular flexibility index (Phi) is 18.8. The predicted molar refractivity (Wildman–Crippen MR) is 187 cm³/mol. The van der Waals surface area contributed by atoms with E-state index in [4.69, 9.17) is 0 Å². The van der Waals surface area contributed by atoms with Crippen molar-refractivity contribution in [3.63, 3.8) is 0 Å². The van der Waals surface area contributed by atoms with E-state index in [2.05, 4.69) is 154 Å². The zero-order valence-corrected chi connectivity index (χ0v) is 28.3. The Morgan fingerprint density at radius 1 is 0.537 bits per heavy atom. The molecule has 0 bridgehead atoms. The molecule has 1 aromatic carbocycles. The van der Waals surface area contributed by atoms with Gasteiger partial charge in [-0.3, -0.25) is 0 Å². The summed E-state index contributed by atoms with van der Waals surface area (Å²) in [5.41, 5.74) is 7.70. The van der Waals surface area contributed by atoms with Crippen LogP contribution in [0.15, 0.2) is 113 Å². The van der Waals surface area contributed by atoms with Crippen molar-refractivity contribution in [2.45, 2.75) is 114 Å². The molecule has 0 amide bonds. The topological polar surface area (TPSA) is 0 Å². The van der Waals surface area contributed by atoms with E-state index in [0.717, 1.165) is 24.2 Å². The Morgan fingerprint density at radius 3 is 1.29 bits per heavy atom. The van der Waals surface area contributed by atoms with Gasteiger partial charge in [0.25, 0.3) is 0 Å². The molecule has 0 aliphatic heterocycles. The standard InChI is InChI=1S/C9H12.C8H14.3C8H12/c1-8(2)9-6-4-3-5-7-9;4*1-7(2)8-5-3-4-6-8/h3-8H,1-2H3;5,7H,3-4,6H2,1-2H3;3,5-7H,4H2,1-2H3;2*3-5,7H,6H2,1-2H3. The average molecular weight is 555 g/mol. The number of hydrogen-bond donors (Lipinski definition) is 0. The molecule has 4 aliphatic rings. The van der Waals surface area contributed by atoms with Crippen LogP contribution in [-0.2, 0) is 0 Å². The summed E-state index contributed by atoms with van der Waals surface area (Å²) in [6.45, 7) is 22.3. The number of allylic oxidation sites excluding steroid dienone is 14. The highest BCUT2D eigenvalue weighted by molar-refractivity contribution is 5.27. The second kappa shape index (κ2) is 21.2.